The molecule has 1 atom stereocenters. The van der Waals surface area contributed by atoms with Gasteiger partial charge in [0.1, 0.15) is 5.82 Å². The molecule has 6 heteroatoms. The van der Waals surface area contributed by atoms with Crippen LogP contribution in [0.2, 0.25) is 0 Å². The fraction of sp³-hybridized carbons (Fsp3) is 0.235. The molecule has 1 amide bonds. The first kappa shape index (κ1) is 15.6. The molecule has 0 saturated heterocycles. The molecule has 1 N–H and O–H groups in total. The molecule has 0 bridgehead atoms. The molecule has 2 heterocycles. The molecule has 0 aliphatic carbocycles. The molecule has 0 unspecified atom stereocenters. The van der Waals surface area contributed by atoms with Gasteiger partial charge in [-0.25, -0.2) is 0 Å². The highest BCUT2D eigenvalue weighted by molar-refractivity contribution is 7.99. The molecule has 0 fully saturated rings. The maximum Gasteiger partial charge on any atom is 0.279 e. The number of benzene rings is 1. The molecule has 0 spiro atoms. The molecule has 0 saturated carbocycles. The van der Waals surface area contributed by atoms with Crippen molar-refractivity contribution < 1.29 is 4.79 Å². The first-order valence-electron chi connectivity index (χ1n) is 7.31. The van der Waals surface area contributed by atoms with Crippen LogP contribution in [0, 0.1) is 0 Å². The van der Waals surface area contributed by atoms with Gasteiger partial charge < -0.3 is 9.88 Å². The van der Waals surface area contributed by atoms with E-state index in [1.165, 1.54) is 11.8 Å². The summed E-state index contributed by atoms with van der Waals surface area (Å²) in [6, 6.07) is 9.61. The normalized spacial score (nSPS) is 16.6. The number of hydrogen-bond acceptors (Lipinski definition) is 4. The summed E-state index contributed by atoms with van der Waals surface area (Å²) in [6.07, 6.45) is 2.01. The lowest BCUT2D eigenvalue weighted by atomic mass is 9.87. The number of hydrogen-bond donors (Lipinski definition) is 1. The van der Waals surface area contributed by atoms with Crippen molar-refractivity contribution in [3.05, 3.63) is 64.5 Å². The number of nitrogens with zero attached hydrogens (tertiary/aromatic N) is 2. The van der Waals surface area contributed by atoms with E-state index in [1.54, 1.807) is 10.6 Å². The molecule has 1 aromatic carbocycles. The average Bonchev–Trinajstić information content (AvgIpc) is 2.56. The summed E-state index contributed by atoms with van der Waals surface area (Å²) in [5.74, 6) is 0.841. The van der Waals surface area contributed by atoms with Gasteiger partial charge in [0.2, 0.25) is 5.91 Å². The predicted molar refractivity (Wildman–Crippen MR) is 91.9 cm³/mol. The first-order valence-corrected chi connectivity index (χ1v) is 8.29. The van der Waals surface area contributed by atoms with Crippen molar-refractivity contribution in [2.45, 2.75) is 17.5 Å². The van der Waals surface area contributed by atoms with E-state index in [4.69, 9.17) is 0 Å². The Kier molecular flexibility index (Phi) is 4.34. The predicted octanol–water partition coefficient (Wildman–Crippen LogP) is 2.53. The van der Waals surface area contributed by atoms with E-state index in [-0.39, 0.29) is 23.8 Å². The zero-order valence-corrected chi connectivity index (χ0v) is 13.6. The fourth-order valence-electron chi connectivity index (χ4n) is 2.77. The van der Waals surface area contributed by atoms with Crippen LogP contribution >= 0.6 is 11.8 Å². The van der Waals surface area contributed by atoms with E-state index >= 15 is 0 Å². The van der Waals surface area contributed by atoms with Crippen LogP contribution in [0.1, 0.15) is 23.5 Å². The summed E-state index contributed by atoms with van der Waals surface area (Å²) in [6.45, 7) is 3.67. The second kappa shape index (κ2) is 6.42. The van der Waals surface area contributed by atoms with Crippen LogP contribution in [0.15, 0.2) is 52.9 Å². The van der Waals surface area contributed by atoms with Crippen molar-refractivity contribution >= 4 is 23.5 Å². The Morgan fingerprint density at radius 1 is 1.39 bits per heavy atom. The summed E-state index contributed by atoms with van der Waals surface area (Å²) in [5.41, 5.74) is 1.23. The summed E-state index contributed by atoms with van der Waals surface area (Å²) in [7, 11) is 1.81. The molecular weight excluding hydrogens is 310 g/mol. The van der Waals surface area contributed by atoms with Crippen molar-refractivity contribution in [3.63, 3.8) is 0 Å². The zero-order chi connectivity index (χ0) is 16.4. The van der Waals surface area contributed by atoms with Crippen LogP contribution < -0.4 is 10.9 Å². The molecule has 5 nitrogen and oxygen atoms in total. The van der Waals surface area contributed by atoms with Gasteiger partial charge in [-0.05, 0) is 5.56 Å². The first-order chi connectivity index (χ1) is 11.1. The lowest BCUT2D eigenvalue weighted by Gasteiger charge is -2.27. The van der Waals surface area contributed by atoms with E-state index < -0.39 is 0 Å². The number of amides is 1. The van der Waals surface area contributed by atoms with Crippen LogP contribution in [-0.4, -0.2) is 21.2 Å². The number of nitrogens with one attached hydrogen (secondary N) is 1. The Bertz CT molecular complexity index is 815. The molecule has 0 radical (unpaired) electrons. The van der Waals surface area contributed by atoms with Crippen LogP contribution in [0.5, 0.6) is 0 Å². The zero-order valence-electron chi connectivity index (χ0n) is 12.8. The number of aromatic nitrogens is 2. The number of thioether (sulfide) groups is 1. The number of carbonyl (C=O) groups is 1. The average molecular weight is 327 g/mol. The third kappa shape index (κ3) is 2.94. The highest BCUT2D eigenvalue weighted by Crippen LogP contribution is 2.35. The lowest BCUT2D eigenvalue weighted by Crippen LogP contribution is -2.33. The van der Waals surface area contributed by atoms with Crippen LogP contribution in [0.4, 0.5) is 5.82 Å². The maximum atomic E-state index is 12.6. The second-order valence-corrected chi connectivity index (χ2v) is 6.32. The SMILES string of the molecule is C=CCSc1nc(=O)c2c(n1C)NC(=O)C[C@H]2c1ccccc1. The molecular formula is C17H17N3O2S. The highest BCUT2D eigenvalue weighted by Gasteiger charge is 2.31. The van der Waals surface area contributed by atoms with E-state index in [0.29, 0.717) is 22.3 Å². The Labute approximate surface area is 138 Å². The number of rotatable bonds is 4. The summed E-state index contributed by atoms with van der Waals surface area (Å²) >= 11 is 1.41. The molecule has 1 aliphatic rings. The number of anilines is 1. The quantitative estimate of drug-likeness (QED) is 0.532. The number of carbonyl (C=O) groups excluding carboxylic acids is 1. The second-order valence-electron chi connectivity index (χ2n) is 5.34. The van der Waals surface area contributed by atoms with Gasteiger partial charge in [0.05, 0.1) is 5.56 Å². The Balaban J connectivity index is 2.15. The molecule has 23 heavy (non-hydrogen) atoms. The minimum atomic E-state index is -0.279. The molecule has 2 aromatic rings. The van der Waals surface area contributed by atoms with Crippen molar-refractivity contribution in [1.82, 2.24) is 9.55 Å². The minimum absolute atomic E-state index is 0.0905. The van der Waals surface area contributed by atoms with Crippen LogP contribution in [-0.2, 0) is 11.8 Å². The smallest absolute Gasteiger partial charge is 0.279 e. The van der Waals surface area contributed by atoms with Crippen molar-refractivity contribution in [2.24, 2.45) is 7.05 Å². The lowest BCUT2D eigenvalue weighted by molar-refractivity contribution is -0.116. The van der Waals surface area contributed by atoms with Gasteiger partial charge in [-0.3, -0.25) is 9.59 Å². The van der Waals surface area contributed by atoms with Gasteiger partial charge in [0.25, 0.3) is 5.56 Å². The Morgan fingerprint density at radius 3 is 2.83 bits per heavy atom. The van der Waals surface area contributed by atoms with Crippen molar-refractivity contribution in [2.75, 3.05) is 11.1 Å². The van der Waals surface area contributed by atoms with Gasteiger partial charge in [0.15, 0.2) is 5.16 Å². The molecule has 1 aliphatic heterocycles. The van der Waals surface area contributed by atoms with Crippen molar-refractivity contribution in [1.29, 1.82) is 0 Å². The standard InChI is InChI=1S/C17H17N3O2S/c1-3-9-23-17-19-16(22)14-12(11-7-5-4-6-8-11)10-13(21)18-15(14)20(17)2/h3-8,12H,1,9-10H2,2H3,(H,18,21)/t12-/m0/s1. The fourth-order valence-corrected chi connectivity index (χ4v) is 3.47. The third-order valence-electron chi connectivity index (χ3n) is 3.83. The molecule has 1 aromatic heterocycles. The highest BCUT2D eigenvalue weighted by atomic mass is 32.2. The van der Waals surface area contributed by atoms with Gasteiger partial charge in [-0.1, -0.05) is 48.2 Å². The van der Waals surface area contributed by atoms with Gasteiger partial charge >= 0.3 is 0 Å². The van der Waals surface area contributed by atoms with E-state index in [2.05, 4.69) is 16.9 Å². The summed E-state index contributed by atoms with van der Waals surface area (Å²) < 4.78 is 1.78. The van der Waals surface area contributed by atoms with E-state index in [1.807, 2.05) is 37.4 Å². The minimum Gasteiger partial charge on any atom is -0.312 e. The molecule has 118 valence electrons. The number of fused-ring (bicyclic) bond motifs is 1. The van der Waals surface area contributed by atoms with Crippen LogP contribution in [0.25, 0.3) is 0 Å². The molecule has 3 rings (SSSR count). The van der Waals surface area contributed by atoms with Gasteiger partial charge in [-0.2, -0.15) is 4.98 Å². The Hall–Kier alpha value is -2.34. The van der Waals surface area contributed by atoms with E-state index in [9.17, 15) is 9.59 Å². The third-order valence-corrected chi connectivity index (χ3v) is 4.86. The summed E-state index contributed by atoms with van der Waals surface area (Å²) in [5, 5.41) is 3.40. The largest absolute Gasteiger partial charge is 0.312 e. The topological polar surface area (TPSA) is 64.0 Å². The Morgan fingerprint density at radius 2 is 2.13 bits per heavy atom. The monoisotopic (exact) mass is 327 g/mol. The summed E-state index contributed by atoms with van der Waals surface area (Å²) in [4.78, 5) is 28.9. The van der Waals surface area contributed by atoms with Crippen molar-refractivity contribution in [3.8, 4) is 0 Å². The van der Waals surface area contributed by atoms with Crippen LogP contribution in [0.3, 0.4) is 0 Å². The maximum absolute atomic E-state index is 12.6. The van der Waals surface area contributed by atoms with E-state index in [0.717, 1.165) is 5.56 Å². The van der Waals surface area contributed by atoms with Gasteiger partial charge in [0, 0.05) is 25.1 Å². The van der Waals surface area contributed by atoms with Gasteiger partial charge in [-0.15, -0.1) is 6.58 Å².